The van der Waals surface area contributed by atoms with Gasteiger partial charge < -0.3 is 4.90 Å². The first kappa shape index (κ1) is 16.7. The summed E-state index contributed by atoms with van der Waals surface area (Å²) in [5.41, 5.74) is 4.08. The normalized spacial score (nSPS) is 15.8. The SMILES string of the molecule is O=C1c2ccccc2C(Cc2nccc3ccccc23)N1Cc1ccccc1. The fraction of sp³-hybridized carbons (Fsp3) is 0.120. The highest BCUT2D eigenvalue weighted by Crippen LogP contribution is 2.37. The van der Waals surface area contributed by atoms with Crippen molar-refractivity contribution in [3.63, 3.8) is 0 Å². The van der Waals surface area contributed by atoms with Crippen molar-refractivity contribution in [1.29, 1.82) is 0 Å². The van der Waals surface area contributed by atoms with Crippen molar-refractivity contribution in [2.24, 2.45) is 0 Å². The van der Waals surface area contributed by atoms with Crippen molar-refractivity contribution in [2.45, 2.75) is 19.0 Å². The maximum absolute atomic E-state index is 13.2. The van der Waals surface area contributed by atoms with E-state index < -0.39 is 0 Å². The number of aromatic nitrogens is 1. The number of nitrogens with zero attached hydrogens (tertiary/aromatic N) is 2. The largest absolute Gasteiger partial charge is 0.327 e. The van der Waals surface area contributed by atoms with Crippen molar-refractivity contribution in [2.75, 3.05) is 0 Å². The van der Waals surface area contributed by atoms with Gasteiger partial charge in [-0.25, -0.2) is 0 Å². The van der Waals surface area contributed by atoms with E-state index in [1.165, 1.54) is 5.39 Å². The zero-order valence-electron chi connectivity index (χ0n) is 15.5. The Labute approximate surface area is 164 Å². The topological polar surface area (TPSA) is 33.2 Å². The van der Waals surface area contributed by atoms with E-state index in [4.69, 9.17) is 0 Å². The Bertz CT molecular complexity index is 1150. The molecule has 1 amide bonds. The van der Waals surface area contributed by atoms with Crippen LogP contribution in [-0.4, -0.2) is 15.8 Å². The predicted octanol–water partition coefficient (Wildman–Crippen LogP) is 5.17. The van der Waals surface area contributed by atoms with E-state index in [1.54, 1.807) is 0 Å². The Balaban J connectivity index is 1.56. The maximum Gasteiger partial charge on any atom is 0.255 e. The number of carbonyl (C=O) groups is 1. The lowest BCUT2D eigenvalue weighted by molar-refractivity contribution is 0.0709. The summed E-state index contributed by atoms with van der Waals surface area (Å²) in [5.74, 6) is 0.102. The lowest BCUT2D eigenvalue weighted by Crippen LogP contribution is -2.29. The number of benzene rings is 3. The summed E-state index contributed by atoms with van der Waals surface area (Å²) in [5, 5.41) is 2.33. The molecule has 3 nitrogen and oxygen atoms in total. The highest BCUT2D eigenvalue weighted by atomic mass is 16.2. The molecule has 5 rings (SSSR count). The van der Waals surface area contributed by atoms with Gasteiger partial charge in [0.1, 0.15) is 0 Å². The summed E-state index contributed by atoms with van der Waals surface area (Å²) < 4.78 is 0. The summed E-state index contributed by atoms with van der Waals surface area (Å²) in [6.45, 7) is 0.601. The lowest BCUT2D eigenvalue weighted by atomic mass is 9.98. The van der Waals surface area contributed by atoms with Crippen LogP contribution in [-0.2, 0) is 13.0 Å². The first-order valence-corrected chi connectivity index (χ1v) is 9.58. The van der Waals surface area contributed by atoms with Crippen molar-refractivity contribution >= 4 is 16.7 Å². The highest BCUT2D eigenvalue weighted by molar-refractivity contribution is 5.99. The predicted molar refractivity (Wildman–Crippen MR) is 111 cm³/mol. The van der Waals surface area contributed by atoms with Gasteiger partial charge in [-0.05, 0) is 28.6 Å². The minimum absolute atomic E-state index is 0.0118. The Morgan fingerprint density at radius 2 is 1.57 bits per heavy atom. The van der Waals surface area contributed by atoms with Crippen molar-refractivity contribution in [1.82, 2.24) is 9.88 Å². The van der Waals surface area contributed by atoms with E-state index in [0.29, 0.717) is 13.0 Å². The second kappa shape index (κ2) is 6.93. The van der Waals surface area contributed by atoms with E-state index in [1.807, 2.05) is 65.7 Å². The molecule has 28 heavy (non-hydrogen) atoms. The highest BCUT2D eigenvalue weighted by Gasteiger charge is 2.36. The molecular weight excluding hydrogens is 344 g/mol. The molecule has 0 fully saturated rings. The Kier molecular flexibility index (Phi) is 4.13. The molecule has 0 N–H and O–H groups in total. The van der Waals surface area contributed by atoms with Gasteiger partial charge in [0.05, 0.1) is 11.7 Å². The molecule has 136 valence electrons. The summed E-state index contributed by atoms with van der Waals surface area (Å²) in [4.78, 5) is 19.8. The van der Waals surface area contributed by atoms with E-state index in [-0.39, 0.29) is 11.9 Å². The molecule has 0 aliphatic carbocycles. The van der Waals surface area contributed by atoms with Gasteiger partial charge in [0.25, 0.3) is 5.91 Å². The molecule has 1 atom stereocenters. The average molecular weight is 364 g/mol. The van der Waals surface area contributed by atoms with E-state index in [0.717, 1.165) is 27.8 Å². The van der Waals surface area contributed by atoms with Crippen LogP contribution in [0.25, 0.3) is 10.8 Å². The molecule has 0 radical (unpaired) electrons. The Morgan fingerprint density at radius 3 is 2.46 bits per heavy atom. The number of carbonyl (C=O) groups excluding carboxylic acids is 1. The van der Waals surface area contributed by atoms with Gasteiger partial charge in [0.2, 0.25) is 0 Å². The molecule has 0 spiro atoms. The number of amides is 1. The van der Waals surface area contributed by atoms with Crippen LogP contribution in [0.1, 0.15) is 33.2 Å². The second-order valence-corrected chi connectivity index (χ2v) is 7.20. The summed E-state index contributed by atoms with van der Waals surface area (Å²) in [6.07, 6.45) is 2.57. The standard InChI is InChI=1S/C25H20N2O/c28-25-22-13-7-6-12-21(22)24(27(25)17-18-8-2-1-3-9-18)16-23-20-11-5-4-10-19(20)14-15-26-23/h1-15,24H,16-17H2. The molecule has 1 unspecified atom stereocenters. The van der Waals surface area contributed by atoms with Crippen LogP contribution in [0.4, 0.5) is 0 Å². The average Bonchev–Trinajstić information content (AvgIpc) is 3.01. The second-order valence-electron chi connectivity index (χ2n) is 7.20. The molecule has 3 heteroatoms. The molecule has 4 aromatic rings. The first-order chi connectivity index (χ1) is 13.8. The number of fused-ring (bicyclic) bond motifs is 2. The quantitative estimate of drug-likeness (QED) is 0.500. The molecule has 1 aliphatic heterocycles. The van der Waals surface area contributed by atoms with Crippen molar-refractivity contribution in [3.05, 3.63) is 114 Å². The summed E-state index contributed by atoms with van der Waals surface area (Å²) in [6, 6.07) is 28.5. The molecule has 1 aromatic heterocycles. The van der Waals surface area contributed by atoms with Gasteiger partial charge in [-0.2, -0.15) is 0 Å². The third kappa shape index (κ3) is 2.85. The van der Waals surface area contributed by atoms with Gasteiger partial charge in [-0.1, -0.05) is 72.8 Å². The Hall–Kier alpha value is -3.46. The van der Waals surface area contributed by atoms with Crippen LogP contribution >= 0.6 is 0 Å². The van der Waals surface area contributed by atoms with Crippen LogP contribution in [0.3, 0.4) is 0 Å². The molecule has 3 aromatic carbocycles. The first-order valence-electron chi connectivity index (χ1n) is 9.58. The number of hydrogen-bond donors (Lipinski definition) is 0. The van der Waals surface area contributed by atoms with Gasteiger partial charge >= 0.3 is 0 Å². The molecular formula is C25H20N2O. The molecule has 0 saturated heterocycles. The van der Waals surface area contributed by atoms with E-state index in [2.05, 4.69) is 35.3 Å². The number of hydrogen-bond acceptors (Lipinski definition) is 2. The van der Waals surface area contributed by atoms with Gasteiger partial charge in [0, 0.05) is 30.1 Å². The fourth-order valence-electron chi connectivity index (χ4n) is 4.16. The summed E-state index contributed by atoms with van der Waals surface area (Å²) >= 11 is 0. The van der Waals surface area contributed by atoms with Crippen LogP contribution in [0.2, 0.25) is 0 Å². The lowest BCUT2D eigenvalue weighted by Gasteiger charge is -2.26. The summed E-state index contributed by atoms with van der Waals surface area (Å²) in [7, 11) is 0. The monoisotopic (exact) mass is 364 g/mol. The third-order valence-electron chi connectivity index (χ3n) is 5.53. The van der Waals surface area contributed by atoms with Crippen LogP contribution in [0.5, 0.6) is 0 Å². The Morgan fingerprint density at radius 1 is 0.821 bits per heavy atom. The minimum Gasteiger partial charge on any atom is -0.327 e. The van der Waals surface area contributed by atoms with E-state index >= 15 is 0 Å². The fourth-order valence-corrected chi connectivity index (χ4v) is 4.16. The zero-order chi connectivity index (χ0) is 18.9. The maximum atomic E-state index is 13.2. The van der Waals surface area contributed by atoms with Gasteiger partial charge in [-0.15, -0.1) is 0 Å². The van der Waals surface area contributed by atoms with Crippen molar-refractivity contribution < 1.29 is 4.79 Å². The zero-order valence-corrected chi connectivity index (χ0v) is 15.5. The molecule has 1 aliphatic rings. The van der Waals surface area contributed by atoms with Crippen LogP contribution < -0.4 is 0 Å². The van der Waals surface area contributed by atoms with Crippen LogP contribution in [0, 0.1) is 0 Å². The van der Waals surface area contributed by atoms with Crippen molar-refractivity contribution in [3.8, 4) is 0 Å². The molecule has 0 bridgehead atoms. The number of rotatable bonds is 4. The number of pyridine rings is 1. The van der Waals surface area contributed by atoms with Gasteiger partial charge in [-0.3, -0.25) is 9.78 Å². The third-order valence-corrected chi connectivity index (χ3v) is 5.53. The van der Waals surface area contributed by atoms with Gasteiger partial charge in [0.15, 0.2) is 0 Å². The smallest absolute Gasteiger partial charge is 0.255 e. The molecule has 0 saturated carbocycles. The molecule has 2 heterocycles. The van der Waals surface area contributed by atoms with Crippen LogP contribution in [0.15, 0.2) is 91.1 Å². The van der Waals surface area contributed by atoms with E-state index in [9.17, 15) is 4.79 Å². The minimum atomic E-state index is -0.0118.